The maximum Gasteiger partial charge on any atom is 0.0601 e. The number of nitrogens with zero attached hydrogens (tertiary/aromatic N) is 1. The van der Waals surface area contributed by atoms with Gasteiger partial charge in [-0.05, 0) is 31.6 Å². The van der Waals surface area contributed by atoms with Crippen LogP contribution < -0.4 is 0 Å². The molecule has 0 radical (unpaired) electrons. The highest BCUT2D eigenvalue weighted by atomic mass is 16.4. The fourth-order valence-corrected chi connectivity index (χ4v) is 2.54. The molecule has 2 aliphatic rings. The van der Waals surface area contributed by atoms with E-state index in [1.165, 1.54) is 32.1 Å². The van der Waals surface area contributed by atoms with Crippen LogP contribution in [-0.4, -0.2) is 10.9 Å². The van der Waals surface area contributed by atoms with Crippen molar-refractivity contribution in [1.29, 1.82) is 0 Å². The van der Waals surface area contributed by atoms with Crippen LogP contribution in [0.4, 0.5) is 0 Å². The Balaban J connectivity index is 2.08. The smallest absolute Gasteiger partial charge is 0.0601 e. The zero-order valence-electron chi connectivity index (χ0n) is 6.79. The fraction of sp³-hybridized carbons (Fsp3) is 0.889. The largest absolute Gasteiger partial charge is 0.411 e. The number of oxime groups is 1. The van der Waals surface area contributed by atoms with Gasteiger partial charge in [0.05, 0.1) is 5.71 Å². The Hall–Kier alpha value is -0.530. The predicted octanol–water partition coefficient (Wildman–Crippen LogP) is 2.42. The third kappa shape index (κ3) is 1.26. The van der Waals surface area contributed by atoms with Gasteiger partial charge in [0.1, 0.15) is 0 Å². The summed E-state index contributed by atoms with van der Waals surface area (Å²) in [5, 5.41) is 12.1. The Kier molecular flexibility index (Phi) is 1.84. The van der Waals surface area contributed by atoms with Crippen molar-refractivity contribution in [3.05, 3.63) is 0 Å². The molecule has 2 bridgehead atoms. The molecule has 2 rings (SSSR count). The van der Waals surface area contributed by atoms with Gasteiger partial charge in [0, 0.05) is 5.92 Å². The molecule has 2 fully saturated rings. The summed E-state index contributed by atoms with van der Waals surface area (Å²) in [6, 6.07) is 0. The molecule has 2 nitrogen and oxygen atoms in total. The monoisotopic (exact) mass is 153 g/mol. The van der Waals surface area contributed by atoms with Crippen molar-refractivity contribution >= 4 is 5.71 Å². The van der Waals surface area contributed by atoms with Crippen molar-refractivity contribution < 1.29 is 5.21 Å². The molecular weight excluding hydrogens is 138 g/mol. The minimum atomic E-state index is 0.632. The van der Waals surface area contributed by atoms with Crippen LogP contribution in [0.5, 0.6) is 0 Å². The van der Waals surface area contributed by atoms with Gasteiger partial charge < -0.3 is 5.21 Å². The molecule has 0 aliphatic heterocycles. The normalized spacial score (nSPS) is 40.9. The van der Waals surface area contributed by atoms with Gasteiger partial charge in [-0.15, -0.1) is 0 Å². The minimum absolute atomic E-state index is 0.632. The van der Waals surface area contributed by atoms with Crippen molar-refractivity contribution in [1.82, 2.24) is 0 Å². The Labute approximate surface area is 67.3 Å². The van der Waals surface area contributed by atoms with Gasteiger partial charge in [-0.1, -0.05) is 18.0 Å². The summed E-state index contributed by atoms with van der Waals surface area (Å²) >= 11 is 0. The number of hydrogen-bond acceptors (Lipinski definition) is 2. The van der Waals surface area contributed by atoms with Crippen molar-refractivity contribution in [2.45, 2.75) is 38.5 Å². The number of rotatable bonds is 0. The van der Waals surface area contributed by atoms with E-state index >= 15 is 0 Å². The van der Waals surface area contributed by atoms with Crippen molar-refractivity contribution in [2.24, 2.45) is 17.0 Å². The SMILES string of the molecule is ON=C1CC[C@@H]2CCC[C@H]1C2. The van der Waals surface area contributed by atoms with Gasteiger partial charge in [-0.3, -0.25) is 0 Å². The Morgan fingerprint density at radius 3 is 3.00 bits per heavy atom. The standard InChI is InChI=1S/C9H15NO/c11-10-9-5-4-7-2-1-3-8(9)6-7/h7-8,11H,1-6H2/t7-,8-/m0/s1. The average Bonchev–Trinajstić information content (AvgIpc) is 2.06. The molecule has 2 aliphatic carbocycles. The van der Waals surface area contributed by atoms with Crippen molar-refractivity contribution in [3.63, 3.8) is 0 Å². The summed E-state index contributed by atoms with van der Waals surface area (Å²) in [7, 11) is 0. The van der Waals surface area contributed by atoms with E-state index in [0.717, 1.165) is 18.1 Å². The molecule has 0 heterocycles. The molecule has 2 atom stereocenters. The highest BCUT2D eigenvalue weighted by Gasteiger charge is 2.30. The first-order valence-corrected chi connectivity index (χ1v) is 4.61. The second-order valence-electron chi connectivity index (χ2n) is 3.86. The zero-order valence-corrected chi connectivity index (χ0v) is 6.79. The lowest BCUT2D eigenvalue weighted by molar-refractivity contribution is 0.257. The lowest BCUT2D eigenvalue weighted by Crippen LogP contribution is -2.28. The first kappa shape index (κ1) is 7.14. The van der Waals surface area contributed by atoms with Crippen LogP contribution in [0, 0.1) is 11.8 Å². The van der Waals surface area contributed by atoms with Crippen LogP contribution in [0.1, 0.15) is 38.5 Å². The lowest BCUT2D eigenvalue weighted by Gasteiger charge is -2.34. The molecule has 62 valence electrons. The molecule has 0 amide bonds. The summed E-state index contributed by atoms with van der Waals surface area (Å²) < 4.78 is 0. The summed E-state index contributed by atoms with van der Waals surface area (Å²) in [6.45, 7) is 0. The van der Waals surface area contributed by atoms with Gasteiger partial charge in [-0.2, -0.15) is 0 Å². The lowest BCUT2D eigenvalue weighted by atomic mass is 9.71. The van der Waals surface area contributed by atoms with E-state index < -0.39 is 0 Å². The highest BCUT2D eigenvalue weighted by molar-refractivity contribution is 5.87. The summed E-state index contributed by atoms with van der Waals surface area (Å²) in [4.78, 5) is 0. The average molecular weight is 153 g/mol. The van der Waals surface area contributed by atoms with E-state index in [-0.39, 0.29) is 0 Å². The van der Waals surface area contributed by atoms with Crippen molar-refractivity contribution in [2.75, 3.05) is 0 Å². The van der Waals surface area contributed by atoms with Crippen LogP contribution in [-0.2, 0) is 0 Å². The van der Waals surface area contributed by atoms with Gasteiger partial charge in [0.15, 0.2) is 0 Å². The molecule has 0 unspecified atom stereocenters. The minimum Gasteiger partial charge on any atom is -0.411 e. The Morgan fingerprint density at radius 1 is 1.27 bits per heavy atom. The second-order valence-corrected chi connectivity index (χ2v) is 3.86. The Morgan fingerprint density at radius 2 is 2.18 bits per heavy atom. The Bertz CT molecular complexity index is 176. The molecule has 2 saturated carbocycles. The maximum atomic E-state index is 8.69. The summed E-state index contributed by atoms with van der Waals surface area (Å²) in [6.07, 6.45) is 7.61. The first-order chi connectivity index (χ1) is 5.40. The molecule has 0 spiro atoms. The molecular formula is C9H15NO. The predicted molar refractivity (Wildman–Crippen MR) is 43.9 cm³/mol. The van der Waals surface area contributed by atoms with Crippen LogP contribution in [0.25, 0.3) is 0 Å². The van der Waals surface area contributed by atoms with Crippen LogP contribution in [0.3, 0.4) is 0 Å². The van der Waals surface area contributed by atoms with Crippen molar-refractivity contribution in [3.8, 4) is 0 Å². The van der Waals surface area contributed by atoms with Crippen LogP contribution in [0.2, 0.25) is 0 Å². The zero-order chi connectivity index (χ0) is 7.68. The molecule has 0 aromatic heterocycles. The molecule has 2 heteroatoms. The molecule has 11 heavy (non-hydrogen) atoms. The fourth-order valence-electron chi connectivity index (χ4n) is 2.54. The van der Waals surface area contributed by atoms with Gasteiger partial charge in [-0.25, -0.2) is 0 Å². The van der Waals surface area contributed by atoms with E-state index in [0.29, 0.717) is 5.92 Å². The first-order valence-electron chi connectivity index (χ1n) is 4.61. The summed E-state index contributed by atoms with van der Waals surface area (Å²) in [5.41, 5.74) is 1.07. The van der Waals surface area contributed by atoms with Crippen LogP contribution >= 0.6 is 0 Å². The van der Waals surface area contributed by atoms with E-state index in [9.17, 15) is 0 Å². The molecule has 0 aromatic carbocycles. The quantitative estimate of drug-likeness (QED) is 0.420. The molecule has 0 aromatic rings. The van der Waals surface area contributed by atoms with Crippen LogP contribution in [0.15, 0.2) is 5.16 Å². The third-order valence-corrected chi connectivity index (χ3v) is 3.19. The van der Waals surface area contributed by atoms with E-state index in [4.69, 9.17) is 5.21 Å². The second kappa shape index (κ2) is 2.84. The van der Waals surface area contributed by atoms with E-state index in [2.05, 4.69) is 5.16 Å². The summed E-state index contributed by atoms with van der Waals surface area (Å²) in [5.74, 6) is 1.58. The van der Waals surface area contributed by atoms with Gasteiger partial charge in [0.2, 0.25) is 0 Å². The highest BCUT2D eigenvalue weighted by Crippen LogP contribution is 2.38. The molecule has 1 N–H and O–H groups in total. The number of fused-ring (bicyclic) bond motifs is 2. The third-order valence-electron chi connectivity index (χ3n) is 3.19. The maximum absolute atomic E-state index is 8.69. The van der Waals surface area contributed by atoms with Gasteiger partial charge >= 0.3 is 0 Å². The topological polar surface area (TPSA) is 32.6 Å². The number of hydrogen-bond donors (Lipinski definition) is 1. The van der Waals surface area contributed by atoms with Gasteiger partial charge in [0.25, 0.3) is 0 Å². The van der Waals surface area contributed by atoms with E-state index in [1.54, 1.807) is 0 Å². The van der Waals surface area contributed by atoms with E-state index in [1.807, 2.05) is 0 Å². The molecule has 0 saturated heterocycles.